The van der Waals surface area contributed by atoms with Gasteiger partial charge in [-0.1, -0.05) is 12.1 Å². The first kappa shape index (κ1) is 16.6. The minimum absolute atomic E-state index is 0.670. The van der Waals surface area contributed by atoms with E-state index in [0.29, 0.717) is 6.54 Å². The van der Waals surface area contributed by atoms with Gasteiger partial charge in [0.15, 0.2) is 0 Å². The zero-order valence-corrected chi connectivity index (χ0v) is 14.2. The average Bonchev–Trinajstić information content (AvgIpc) is 2.68. The van der Waals surface area contributed by atoms with Gasteiger partial charge in [0.05, 0.1) is 14.2 Å². The van der Waals surface area contributed by atoms with Gasteiger partial charge in [0.25, 0.3) is 0 Å². The summed E-state index contributed by atoms with van der Waals surface area (Å²) in [4.78, 5) is 8.50. The monoisotopic (exact) mass is 336 g/mol. The molecule has 1 aromatic heterocycles. The smallest absolute Gasteiger partial charge is 0.135 e. The Balaban J connectivity index is 1.62. The summed E-state index contributed by atoms with van der Waals surface area (Å²) in [5.41, 5.74) is 2.07. The Morgan fingerprint density at radius 3 is 2.04 bits per heavy atom. The van der Waals surface area contributed by atoms with Crippen molar-refractivity contribution in [3.05, 3.63) is 66.5 Å². The van der Waals surface area contributed by atoms with Crippen LogP contribution in [0.3, 0.4) is 0 Å². The Bertz CT molecular complexity index is 804. The molecule has 3 aromatic rings. The lowest BCUT2D eigenvalue weighted by Gasteiger charge is -2.09. The summed E-state index contributed by atoms with van der Waals surface area (Å²) in [6.07, 6.45) is 1.53. The summed E-state index contributed by atoms with van der Waals surface area (Å²) in [7, 11) is 3.30. The number of hydrogen-bond acceptors (Lipinski definition) is 6. The molecule has 128 valence electrons. The normalized spacial score (nSPS) is 10.2. The predicted octanol–water partition coefficient (Wildman–Crippen LogP) is 3.85. The van der Waals surface area contributed by atoms with Crippen LogP contribution in [0.5, 0.6) is 11.5 Å². The van der Waals surface area contributed by atoms with Gasteiger partial charge in [-0.2, -0.15) is 0 Å². The lowest BCUT2D eigenvalue weighted by molar-refractivity contribution is 0.414. The van der Waals surface area contributed by atoms with Gasteiger partial charge in [-0.05, 0) is 42.0 Å². The molecular formula is C19H20N4O2. The summed E-state index contributed by atoms with van der Waals surface area (Å²) < 4.78 is 10.3. The Morgan fingerprint density at radius 1 is 0.800 bits per heavy atom. The van der Waals surface area contributed by atoms with Crippen molar-refractivity contribution in [1.29, 1.82) is 0 Å². The molecule has 1 heterocycles. The molecule has 0 saturated carbocycles. The van der Waals surface area contributed by atoms with Gasteiger partial charge in [0.1, 0.15) is 29.5 Å². The molecule has 0 fully saturated rings. The molecule has 2 N–H and O–H groups in total. The van der Waals surface area contributed by atoms with Gasteiger partial charge in [0, 0.05) is 18.3 Å². The van der Waals surface area contributed by atoms with Gasteiger partial charge in [-0.25, -0.2) is 9.97 Å². The molecule has 6 heteroatoms. The standard InChI is InChI=1S/C19H20N4O2/c1-24-16-7-3-14(4-8-16)12-20-18-11-19(22-13-21-18)23-15-5-9-17(25-2)10-6-15/h3-11,13H,12H2,1-2H3,(H2,20,21,22,23). The highest BCUT2D eigenvalue weighted by Gasteiger charge is 2.01. The van der Waals surface area contributed by atoms with Crippen LogP contribution in [0, 0.1) is 0 Å². The van der Waals surface area contributed by atoms with Crippen LogP contribution >= 0.6 is 0 Å². The number of aromatic nitrogens is 2. The van der Waals surface area contributed by atoms with Crippen molar-refractivity contribution in [2.45, 2.75) is 6.54 Å². The number of benzene rings is 2. The van der Waals surface area contributed by atoms with Crippen LogP contribution in [0.15, 0.2) is 60.9 Å². The highest BCUT2D eigenvalue weighted by Crippen LogP contribution is 2.20. The zero-order valence-electron chi connectivity index (χ0n) is 14.2. The van der Waals surface area contributed by atoms with E-state index >= 15 is 0 Å². The molecule has 3 rings (SSSR count). The van der Waals surface area contributed by atoms with E-state index in [1.807, 2.05) is 54.6 Å². The average molecular weight is 336 g/mol. The first-order valence-electron chi connectivity index (χ1n) is 7.87. The van der Waals surface area contributed by atoms with Crippen molar-refractivity contribution in [1.82, 2.24) is 9.97 Å². The van der Waals surface area contributed by atoms with Gasteiger partial charge in [0.2, 0.25) is 0 Å². The highest BCUT2D eigenvalue weighted by molar-refractivity contribution is 5.59. The number of rotatable bonds is 7. The molecule has 2 aromatic carbocycles. The van der Waals surface area contributed by atoms with Crippen LogP contribution in [-0.4, -0.2) is 24.2 Å². The van der Waals surface area contributed by atoms with Crippen molar-refractivity contribution in [2.75, 3.05) is 24.9 Å². The maximum absolute atomic E-state index is 5.16. The highest BCUT2D eigenvalue weighted by atomic mass is 16.5. The summed E-state index contributed by atoms with van der Waals surface area (Å²) in [5.74, 6) is 3.13. The van der Waals surface area contributed by atoms with E-state index in [1.165, 1.54) is 6.33 Å². The lowest BCUT2D eigenvalue weighted by Crippen LogP contribution is -2.03. The fraction of sp³-hybridized carbons (Fsp3) is 0.158. The Hall–Kier alpha value is -3.28. The number of ether oxygens (including phenoxy) is 2. The zero-order chi connectivity index (χ0) is 17.5. The van der Waals surface area contributed by atoms with Gasteiger partial charge in [-0.3, -0.25) is 0 Å². The molecule has 25 heavy (non-hydrogen) atoms. The largest absolute Gasteiger partial charge is 0.497 e. The van der Waals surface area contributed by atoms with E-state index in [1.54, 1.807) is 14.2 Å². The second-order valence-electron chi connectivity index (χ2n) is 5.34. The minimum Gasteiger partial charge on any atom is -0.497 e. The van der Waals surface area contributed by atoms with Crippen LogP contribution in [0.2, 0.25) is 0 Å². The van der Waals surface area contributed by atoms with E-state index in [0.717, 1.165) is 34.4 Å². The minimum atomic E-state index is 0.670. The molecule has 0 aliphatic heterocycles. The lowest BCUT2D eigenvalue weighted by atomic mass is 10.2. The van der Waals surface area contributed by atoms with Gasteiger partial charge >= 0.3 is 0 Å². The van der Waals surface area contributed by atoms with Crippen molar-refractivity contribution in [3.8, 4) is 11.5 Å². The molecular weight excluding hydrogens is 316 g/mol. The maximum Gasteiger partial charge on any atom is 0.135 e. The van der Waals surface area contributed by atoms with E-state index in [9.17, 15) is 0 Å². The third kappa shape index (κ3) is 4.60. The molecule has 0 saturated heterocycles. The summed E-state index contributed by atoms with van der Waals surface area (Å²) in [6, 6.07) is 17.4. The van der Waals surface area contributed by atoms with Crippen molar-refractivity contribution < 1.29 is 9.47 Å². The van der Waals surface area contributed by atoms with Gasteiger partial charge in [-0.15, -0.1) is 0 Å². The number of nitrogens with zero attached hydrogens (tertiary/aromatic N) is 2. The number of anilines is 3. The van der Waals surface area contributed by atoms with E-state index in [2.05, 4.69) is 20.6 Å². The Morgan fingerprint density at radius 2 is 1.40 bits per heavy atom. The van der Waals surface area contributed by atoms with Crippen LogP contribution in [0.1, 0.15) is 5.56 Å². The second kappa shape index (κ2) is 8.01. The fourth-order valence-electron chi connectivity index (χ4n) is 2.28. The van der Waals surface area contributed by atoms with E-state index < -0.39 is 0 Å². The van der Waals surface area contributed by atoms with E-state index in [-0.39, 0.29) is 0 Å². The molecule has 6 nitrogen and oxygen atoms in total. The molecule has 0 radical (unpaired) electrons. The van der Waals surface area contributed by atoms with Crippen molar-refractivity contribution in [3.63, 3.8) is 0 Å². The summed E-state index contributed by atoms with van der Waals surface area (Å²) in [5, 5.41) is 6.54. The third-order valence-corrected chi connectivity index (χ3v) is 3.66. The Labute approximate surface area is 146 Å². The maximum atomic E-state index is 5.16. The number of hydrogen-bond donors (Lipinski definition) is 2. The van der Waals surface area contributed by atoms with Crippen LogP contribution in [-0.2, 0) is 6.54 Å². The Kier molecular flexibility index (Phi) is 5.31. The molecule has 0 atom stereocenters. The number of methoxy groups -OCH3 is 2. The first-order chi connectivity index (χ1) is 12.3. The van der Waals surface area contributed by atoms with Crippen LogP contribution < -0.4 is 20.1 Å². The molecule has 0 amide bonds. The fourth-order valence-corrected chi connectivity index (χ4v) is 2.28. The van der Waals surface area contributed by atoms with E-state index in [4.69, 9.17) is 9.47 Å². The first-order valence-corrected chi connectivity index (χ1v) is 7.87. The summed E-state index contributed by atoms with van der Waals surface area (Å²) in [6.45, 7) is 0.670. The molecule has 0 aliphatic rings. The predicted molar refractivity (Wildman–Crippen MR) is 98.6 cm³/mol. The third-order valence-electron chi connectivity index (χ3n) is 3.66. The van der Waals surface area contributed by atoms with Crippen molar-refractivity contribution in [2.24, 2.45) is 0 Å². The quantitative estimate of drug-likeness (QED) is 0.683. The second-order valence-corrected chi connectivity index (χ2v) is 5.34. The molecule has 0 bridgehead atoms. The molecule has 0 spiro atoms. The number of nitrogens with one attached hydrogen (secondary N) is 2. The van der Waals surface area contributed by atoms with Crippen molar-refractivity contribution >= 4 is 17.3 Å². The van der Waals surface area contributed by atoms with Crippen LogP contribution in [0.25, 0.3) is 0 Å². The molecule has 0 unspecified atom stereocenters. The topological polar surface area (TPSA) is 68.3 Å². The van der Waals surface area contributed by atoms with Gasteiger partial charge < -0.3 is 20.1 Å². The van der Waals surface area contributed by atoms with Crippen LogP contribution in [0.4, 0.5) is 17.3 Å². The summed E-state index contributed by atoms with van der Waals surface area (Å²) >= 11 is 0. The SMILES string of the molecule is COc1ccc(CNc2cc(Nc3ccc(OC)cc3)ncn2)cc1. The molecule has 0 aliphatic carbocycles.